The molecule has 0 aliphatic carbocycles. The van der Waals surface area contributed by atoms with Gasteiger partial charge in [-0.1, -0.05) is 71.2 Å². The van der Waals surface area contributed by atoms with Gasteiger partial charge in [-0.25, -0.2) is 9.98 Å². The first-order valence-corrected chi connectivity index (χ1v) is 8.18. The highest BCUT2D eigenvalue weighted by molar-refractivity contribution is 6.35. The van der Waals surface area contributed by atoms with E-state index in [1.807, 2.05) is 30.3 Å². The van der Waals surface area contributed by atoms with E-state index >= 15 is 0 Å². The third-order valence-corrected chi connectivity index (χ3v) is 3.95. The summed E-state index contributed by atoms with van der Waals surface area (Å²) < 4.78 is 0. The molecule has 0 amide bonds. The zero-order chi connectivity index (χ0) is 17.5. The van der Waals surface area contributed by atoms with E-state index in [2.05, 4.69) is 15.3 Å². The predicted molar refractivity (Wildman–Crippen MR) is 102 cm³/mol. The highest BCUT2D eigenvalue weighted by Crippen LogP contribution is 2.22. The van der Waals surface area contributed by atoms with Crippen LogP contribution in [0.1, 0.15) is 16.6 Å². The molecule has 0 spiro atoms. The minimum absolute atomic E-state index is 0.0716. The lowest BCUT2D eigenvalue weighted by Crippen LogP contribution is -2.41. The predicted octanol–water partition coefficient (Wildman–Crippen LogP) is 3.65. The molecule has 1 atom stereocenters. The van der Waals surface area contributed by atoms with Crippen molar-refractivity contribution >= 4 is 46.7 Å². The van der Waals surface area contributed by atoms with Gasteiger partial charge in [0.15, 0.2) is 17.4 Å². The van der Waals surface area contributed by atoms with Crippen LogP contribution in [0.5, 0.6) is 0 Å². The Hall–Kier alpha value is -1.95. The number of hydrogen-bond donors (Lipinski definition) is 3. The zero-order valence-corrected chi connectivity index (χ0v) is 14.9. The van der Waals surface area contributed by atoms with Crippen molar-refractivity contribution in [2.45, 2.75) is 12.0 Å². The smallest absolute Gasteiger partial charge is 0.197 e. The molecule has 0 aliphatic rings. The fourth-order valence-electron chi connectivity index (χ4n) is 1.83. The van der Waals surface area contributed by atoms with E-state index in [1.54, 1.807) is 18.2 Å². The number of nitrogens with two attached hydrogens (primary N) is 2. The number of rotatable bonds is 4. The second kappa shape index (κ2) is 8.78. The minimum Gasteiger partial charge on any atom is -0.370 e. The van der Waals surface area contributed by atoms with Crippen LogP contribution in [-0.4, -0.2) is 11.9 Å². The summed E-state index contributed by atoms with van der Waals surface area (Å²) in [6, 6.07) is 14.5. The van der Waals surface area contributed by atoms with E-state index in [0.717, 1.165) is 11.1 Å². The summed E-state index contributed by atoms with van der Waals surface area (Å²) in [5, 5.41) is 3.76. The van der Waals surface area contributed by atoms with Gasteiger partial charge in [0.25, 0.3) is 0 Å². The molecule has 0 bridgehead atoms. The second-order valence-electron chi connectivity index (χ2n) is 4.82. The lowest BCUT2D eigenvalue weighted by Gasteiger charge is -2.09. The molecule has 0 fully saturated rings. The van der Waals surface area contributed by atoms with Crippen molar-refractivity contribution in [2.24, 2.45) is 21.5 Å². The van der Waals surface area contributed by atoms with Crippen molar-refractivity contribution in [3.63, 3.8) is 0 Å². The van der Waals surface area contributed by atoms with Crippen LogP contribution < -0.4 is 16.8 Å². The Morgan fingerprint density at radius 3 is 2.42 bits per heavy atom. The molecule has 8 heteroatoms. The molecule has 0 aliphatic heterocycles. The maximum absolute atomic E-state index is 6.17. The molecular weight excluding hydrogens is 369 g/mol. The van der Waals surface area contributed by atoms with Crippen LogP contribution in [0.15, 0.2) is 58.5 Å². The molecule has 1 unspecified atom stereocenters. The van der Waals surface area contributed by atoms with E-state index in [9.17, 15) is 0 Å². The number of nitrogens with zero attached hydrogens (tertiary/aromatic N) is 2. The highest BCUT2D eigenvalue weighted by atomic mass is 35.5. The van der Waals surface area contributed by atoms with Crippen LogP contribution in [-0.2, 0) is 6.54 Å². The zero-order valence-electron chi connectivity index (χ0n) is 12.6. The number of halogens is 3. The van der Waals surface area contributed by atoms with Crippen molar-refractivity contribution in [1.82, 2.24) is 5.32 Å². The molecular formula is C16H16Cl3N5. The quantitative estimate of drug-likeness (QED) is 0.325. The van der Waals surface area contributed by atoms with Crippen molar-refractivity contribution in [3.8, 4) is 0 Å². The Labute approximate surface area is 155 Å². The van der Waals surface area contributed by atoms with Gasteiger partial charge in [0.05, 0.1) is 6.54 Å². The van der Waals surface area contributed by atoms with E-state index in [-0.39, 0.29) is 18.5 Å². The fourth-order valence-corrected chi connectivity index (χ4v) is 2.55. The van der Waals surface area contributed by atoms with Crippen molar-refractivity contribution in [3.05, 3.63) is 69.7 Å². The first-order valence-electron chi connectivity index (χ1n) is 6.99. The largest absolute Gasteiger partial charge is 0.370 e. The van der Waals surface area contributed by atoms with Crippen LogP contribution in [0.2, 0.25) is 10.0 Å². The number of nitrogens with one attached hydrogen (secondary N) is 1. The normalized spacial score (nSPS) is 13.6. The molecule has 0 aromatic heterocycles. The van der Waals surface area contributed by atoms with E-state index in [1.165, 1.54) is 0 Å². The number of benzene rings is 2. The number of guanidine groups is 2. The van der Waals surface area contributed by atoms with Crippen molar-refractivity contribution in [2.75, 3.05) is 0 Å². The Bertz CT molecular complexity index is 747. The second-order valence-corrected chi connectivity index (χ2v) is 6.08. The van der Waals surface area contributed by atoms with Gasteiger partial charge in [0, 0.05) is 10.0 Å². The van der Waals surface area contributed by atoms with E-state index in [0.29, 0.717) is 10.0 Å². The molecule has 5 N–H and O–H groups in total. The summed E-state index contributed by atoms with van der Waals surface area (Å²) in [4.78, 5) is 8.27. The highest BCUT2D eigenvalue weighted by Gasteiger charge is 2.06. The van der Waals surface area contributed by atoms with E-state index in [4.69, 9.17) is 46.3 Å². The molecule has 2 aromatic carbocycles. The molecule has 2 rings (SSSR count). The molecule has 0 radical (unpaired) electrons. The molecule has 126 valence electrons. The summed E-state index contributed by atoms with van der Waals surface area (Å²) in [7, 11) is 0. The fraction of sp³-hybridized carbons (Fsp3) is 0.125. The van der Waals surface area contributed by atoms with Gasteiger partial charge in [-0.2, -0.15) is 0 Å². The molecule has 5 nitrogen and oxygen atoms in total. The maximum Gasteiger partial charge on any atom is 0.197 e. The van der Waals surface area contributed by atoms with Gasteiger partial charge < -0.3 is 11.5 Å². The Kier molecular flexibility index (Phi) is 6.73. The SMILES string of the molecule is NC(=NCc1ccc(Cl)cc1Cl)NC(N)=NC(Cl)c1ccccc1. The Morgan fingerprint density at radius 2 is 1.75 bits per heavy atom. The summed E-state index contributed by atoms with van der Waals surface area (Å²) in [5.41, 5.74) is 12.6. The van der Waals surface area contributed by atoms with Gasteiger partial charge in [0.2, 0.25) is 0 Å². The van der Waals surface area contributed by atoms with Crippen LogP contribution in [0, 0.1) is 0 Å². The summed E-state index contributed by atoms with van der Waals surface area (Å²) in [6.45, 7) is 0.283. The molecule has 0 saturated heterocycles. The first-order chi connectivity index (χ1) is 11.5. The van der Waals surface area contributed by atoms with Gasteiger partial charge in [-0.05, 0) is 23.3 Å². The maximum atomic E-state index is 6.17. The van der Waals surface area contributed by atoms with Crippen LogP contribution in [0.3, 0.4) is 0 Å². The number of hydrogen-bond acceptors (Lipinski definition) is 2. The monoisotopic (exact) mass is 383 g/mol. The standard InChI is InChI=1S/C16H16Cl3N5/c17-12-7-6-11(13(18)8-12)9-22-15(20)24-16(21)23-14(19)10-4-2-1-3-5-10/h1-8,14H,9H2,(H5,20,21,22,23,24). The average molecular weight is 385 g/mol. The molecule has 24 heavy (non-hydrogen) atoms. The lowest BCUT2D eigenvalue weighted by molar-refractivity contribution is 0.984. The Morgan fingerprint density at radius 1 is 1.04 bits per heavy atom. The van der Waals surface area contributed by atoms with Gasteiger partial charge in [0.1, 0.15) is 0 Å². The summed E-state index contributed by atoms with van der Waals surface area (Å²) in [6.07, 6.45) is 0. The lowest BCUT2D eigenvalue weighted by atomic mass is 10.2. The molecule has 0 heterocycles. The topological polar surface area (TPSA) is 88.8 Å². The third kappa shape index (κ3) is 5.60. The number of alkyl halides is 1. The van der Waals surface area contributed by atoms with Crippen LogP contribution >= 0.6 is 34.8 Å². The number of aliphatic imine (C=N–C) groups is 2. The van der Waals surface area contributed by atoms with Crippen molar-refractivity contribution in [1.29, 1.82) is 0 Å². The molecule has 0 saturated carbocycles. The van der Waals surface area contributed by atoms with Crippen molar-refractivity contribution < 1.29 is 0 Å². The third-order valence-electron chi connectivity index (χ3n) is 3.02. The average Bonchev–Trinajstić information content (AvgIpc) is 2.54. The van der Waals surface area contributed by atoms with Gasteiger partial charge in [-0.15, -0.1) is 0 Å². The van der Waals surface area contributed by atoms with Gasteiger partial charge in [-0.3, -0.25) is 5.32 Å². The summed E-state index contributed by atoms with van der Waals surface area (Å²) >= 11 is 18.1. The van der Waals surface area contributed by atoms with Crippen LogP contribution in [0.25, 0.3) is 0 Å². The van der Waals surface area contributed by atoms with Gasteiger partial charge >= 0.3 is 0 Å². The Balaban J connectivity index is 1.97. The molecule has 2 aromatic rings. The summed E-state index contributed by atoms with van der Waals surface area (Å²) in [5.74, 6) is 0.182. The van der Waals surface area contributed by atoms with Crippen LogP contribution in [0.4, 0.5) is 0 Å². The van der Waals surface area contributed by atoms with E-state index < -0.39 is 5.50 Å². The first kappa shape index (κ1) is 18.4. The minimum atomic E-state index is -0.614.